The van der Waals surface area contributed by atoms with Gasteiger partial charge in [0.2, 0.25) is 5.95 Å². The van der Waals surface area contributed by atoms with Crippen LogP contribution in [0.1, 0.15) is 25.7 Å². The fourth-order valence-corrected chi connectivity index (χ4v) is 2.50. The third-order valence-corrected chi connectivity index (χ3v) is 3.68. The molecule has 1 unspecified atom stereocenters. The van der Waals surface area contributed by atoms with Crippen molar-refractivity contribution in [1.82, 2.24) is 15.3 Å². The van der Waals surface area contributed by atoms with Crippen LogP contribution in [0.15, 0.2) is 12.4 Å². The van der Waals surface area contributed by atoms with Gasteiger partial charge in [-0.15, -0.1) is 0 Å². The highest BCUT2D eigenvalue weighted by Gasteiger charge is 2.25. The molecule has 1 aromatic heterocycles. The van der Waals surface area contributed by atoms with Gasteiger partial charge in [-0.05, 0) is 38.1 Å². The Morgan fingerprint density at radius 2 is 2.06 bits per heavy atom. The Balaban J connectivity index is 1.56. The molecule has 1 aromatic rings. The summed E-state index contributed by atoms with van der Waals surface area (Å²) in [6.07, 6.45) is 7.58. The number of piperidine rings is 1. The maximum Gasteiger partial charge on any atom is 0.225 e. The molecule has 1 N–H and O–H groups in total. The number of aromatic nitrogens is 2. The number of nitrogens with zero attached hydrogens (tertiary/aromatic N) is 3. The Morgan fingerprint density at radius 3 is 2.78 bits per heavy atom. The highest BCUT2D eigenvalue weighted by Crippen LogP contribution is 2.22. The Kier molecular flexibility index (Phi) is 3.41. The van der Waals surface area contributed by atoms with E-state index < -0.39 is 0 Å². The van der Waals surface area contributed by atoms with E-state index in [9.17, 15) is 4.39 Å². The molecule has 5 heteroatoms. The summed E-state index contributed by atoms with van der Waals surface area (Å²) in [5.74, 6) is 0.947. The Morgan fingerprint density at radius 1 is 1.28 bits per heavy atom. The van der Waals surface area contributed by atoms with Gasteiger partial charge in [-0.3, -0.25) is 0 Å². The average Bonchev–Trinajstić information content (AvgIpc) is 3.22. The van der Waals surface area contributed by atoms with Crippen LogP contribution in [0.3, 0.4) is 0 Å². The topological polar surface area (TPSA) is 41.1 Å². The molecule has 1 aliphatic carbocycles. The summed E-state index contributed by atoms with van der Waals surface area (Å²) in [5, 5.41) is 3.58. The van der Waals surface area contributed by atoms with Gasteiger partial charge in [0.1, 0.15) is 0 Å². The van der Waals surface area contributed by atoms with Gasteiger partial charge in [-0.2, -0.15) is 0 Å². The van der Waals surface area contributed by atoms with Gasteiger partial charge < -0.3 is 10.2 Å². The lowest BCUT2D eigenvalue weighted by Crippen LogP contribution is -2.40. The molecule has 2 fully saturated rings. The first-order chi connectivity index (χ1) is 8.81. The number of hydrogen-bond donors (Lipinski definition) is 1. The van der Waals surface area contributed by atoms with Crippen molar-refractivity contribution in [3.05, 3.63) is 18.2 Å². The van der Waals surface area contributed by atoms with Crippen LogP contribution in [0.2, 0.25) is 0 Å². The molecule has 0 aromatic carbocycles. The molecule has 0 radical (unpaired) electrons. The molecule has 0 amide bonds. The highest BCUT2D eigenvalue weighted by atomic mass is 19.1. The van der Waals surface area contributed by atoms with E-state index in [1.807, 2.05) is 0 Å². The van der Waals surface area contributed by atoms with Crippen LogP contribution in [0.5, 0.6) is 0 Å². The second-order valence-corrected chi connectivity index (χ2v) is 5.34. The molecule has 0 bridgehead atoms. The normalized spacial score (nSPS) is 24.3. The van der Waals surface area contributed by atoms with Crippen LogP contribution in [-0.4, -0.2) is 35.6 Å². The monoisotopic (exact) mass is 250 g/mol. The Hall–Kier alpha value is -1.23. The van der Waals surface area contributed by atoms with E-state index in [1.165, 1.54) is 31.7 Å². The summed E-state index contributed by atoms with van der Waals surface area (Å²) in [6, 6.07) is 0.766. The van der Waals surface area contributed by atoms with Gasteiger partial charge in [0.25, 0.3) is 0 Å². The van der Waals surface area contributed by atoms with Crippen molar-refractivity contribution in [3.8, 4) is 0 Å². The van der Waals surface area contributed by atoms with E-state index in [2.05, 4.69) is 20.2 Å². The quantitative estimate of drug-likeness (QED) is 0.881. The number of rotatable bonds is 4. The molecule has 1 aliphatic heterocycles. The number of hydrogen-bond acceptors (Lipinski definition) is 4. The van der Waals surface area contributed by atoms with E-state index in [0.717, 1.165) is 32.1 Å². The number of anilines is 1. The number of nitrogens with one attached hydrogen (secondary N) is 1. The molecular formula is C13H19FN4. The third kappa shape index (κ3) is 2.96. The highest BCUT2D eigenvalue weighted by molar-refractivity contribution is 5.29. The van der Waals surface area contributed by atoms with Gasteiger partial charge in [0.05, 0.1) is 12.4 Å². The van der Waals surface area contributed by atoms with Crippen molar-refractivity contribution in [1.29, 1.82) is 0 Å². The van der Waals surface area contributed by atoms with Crippen molar-refractivity contribution >= 4 is 5.95 Å². The van der Waals surface area contributed by atoms with E-state index in [1.54, 1.807) is 0 Å². The summed E-state index contributed by atoms with van der Waals surface area (Å²) in [6.45, 7) is 3.04. The third-order valence-electron chi connectivity index (χ3n) is 3.68. The fraction of sp³-hybridized carbons (Fsp3) is 0.692. The molecule has 1 saturated heterocycles. The maximum absolute atomic E-state index is 12.8. The van der Waals surface area contributed by atoms with E-state index in [4.69, 9.17) is 0 Å². The molecule has 98 valence electrons. The minimum Gasteiger partial charge on any atom is -0.341 e. The first-order valence-electron chi connectivity index (χ1n) is 6.77. The lowest BCUT2D eigenvalue weighted by Gasteiger charge is -2.32. The largest absolute Gasteiger partial charge is 0.341 e. The molecule has 2 heterocycles. The van der Waals surface area contributed by atoms with Crippen LogP contribution in [-0.2, 0) is 0 Å². The fourth-order valence-electron chi connectivity index (χ4n) is 2.50. The van der Waals surface area contributed by atoms with Crippen LogP contribution < -0.4 is 10.2 Å². The van der Waals surface area contributed by atoms with Crippen LogP contribution >= 0.6 is 0 Å². The van der Waals surface area contributed by atoms with Gasteiger partial charge >= 0.3 is 0 Å². The minimum atomic E-state index is -0.372. The second kappa shape index (κ2) is 5.18. The van der Waals surface area contributed by atoms with Crippen LogP contribution in [0, 0.1) is 11.7 Å². The van der Waals surface area contributed by atoms with Crippen molar-refractivity contribution in [3.63, 3.8) is 0 Å². The molecule has 3 rings (SSSR count). The van der Waals surface area contributed by atoms with Gasteiger partial charge in [0, 0.05) is 19.1 Å². The zero-order valence-corrected chi connectivity index (χ0v) is 10.5. The lowest BCUT2D eigenvalue weighted by atomic mass is 9.98. The van der Waals surface area contributed by atoms with E-state index in [-0.39, 0.29) is 5.82 Å². The molecule has 1 saturated carbocycles. The average molecular weight is 250 g/mol. The number of halogens is 1. The van der Waals surface area contributed by atoms with Crippen LogP contribution in [0.25, 0.3) is 0 Å². The van der Waals surface area contributed by atoms with Crippen molar-refractivity contribution in [2.24, 2.45) is 5.92 Å². The summed E-state index contributed by atoms with van der Waals surface area (Å²) >= 11 is 0. The van der Waals surface area contributed by atoms with E-state index in [0.29, 0.717) is 11.9 Å². The Bertz CT molecular complexity index is 390. The summed E-state index contributed by atoms with van der Waals surface area (Å²) in [5.41, 5.74) is 0. The summed E-state index contributed by atoms with van der Waals surface area (Å²) < 4.78 is 12.8. The first kappa shape index (κ1) is 11.8. The van der Waals surface area contributed by atoms with Crippen molar-refractivity contribution in [2.45, 2.75) is 31.7 Å². The zero-order chi connectivity index (χ0) is 12.4. The molecule has 0 spiro atoms. The molecule has 18 heavy (non-hydrogen) atoms. The van der Waals surface area contributed by atoms with E-state index >= 15 is 0 Å². The zero-order valence-electron chi connectivity index (χ0n) is 10.5. The lowest BCUT2D eigenvalue weighted by molar-refractivity contribution is 0.387. The minimum absolute atomic E-state index is 0.372. The predicted molar refractivity (Wildman–Crippen MR) is 68.0 cm³/mol. The second-order valence-electron chi connectivity index (χ2n) is 5.34. The molecular weight excluding hydrogens is 231 g/mol. The SMILES string of the molecule is Fc1cnc(N2CCCC(CNC3CC3)C2)nc1. The Labute approximate surface area is 107 Å². The summed E-state index contributed by atoms with van der Waals surface area (Å²) in [7, 11) is 0. The molecule has 4 nitrogen and oxygen atoms in total. The van der Waals surface area contributed by atoms with Gasteiger partial charge in [-0.25, -0.2) is 14.4 Å². The van der Waals surface area contributed by atoms with Crippen molar-refractivity contribution < 1.29 is 4.39 Å². The van der Waals surface area contributed by atoms with Crippen LogP contribution in [0.4, 0.5) is 10.3 Å². The molecule has 1 atom stereocenters. The van der Waals surface area contributed by atoms with Gasteiger partial charge in [0.15, 0.2) is 5.82 Å². The standard InChI is InChI=1S/C13H19FN4/c14-11-7-16-13(17-8-11)18-5-1-2-10(9-18)6-15-12-3-4-12/h7-8,10,12,15H,1-6,9H2. The van der Waals surface area contributed by atoms with Crippen molar-refractivity contribution in [2.75, 3.05) is 24.5 Å². The first-order valence-corrected chi connectivity index (χ1v) is 6.77. The smallest absolute Gasteiger partial charge is 0.225 e. The predicted octanol–water partition coefficient (Wildman–Crippen LogP) is 1.58. The molecule has 2 aliphatic rings. The summed E-state index contributed by atoms with van der Waals surface area (Å²) in [4.78, 5) is 10.3. The maximum atomic E-state index is 12.8. The van der Waals surface area contributed by atoms with Gasteiger partial charge in [-0.1, -0.05) is 0 Å².